The van der Waals surface area contributed by atoms with Gasteiger partial charge in [0.05, 0.1) is 0 Å². The van der Waals surface area contributed by atoms with Gasteiger partial charge in [0.2, 0.25) is 0 Å². The van der Waals surface area contributed by atoms with Gasteiger partial charge in [0.25, 0.3) is 0 Å². The first kappa shape index (κ1) is 9.89. The number of likely N-dealkylation sites (tertiary alicyclic amines) is 1. The standard InChI is InChI=1S/C10H12N.Ru/c1-2-5-10(6-3-1)9-11-7-4-8-11;/h1-3,5H,4,7-9H2;/q-1;+2. The van der Waals surface area contributed by atoms with E-state index in [4.69, 9.17) is 0 Å². The molecule has 1 aliphatic heterocycles. The third kappa shape index (κ3) is 2.40. The summed E-state index contributed by atoms with van der Waals surface area (Å²) >= 11 is 0. The molecule has 0 amide bonds. The van der Waals surface area contributed by atoms with Crippen molar-refractivity contribution in [3.63, 3.8) is 0 Å². The van der Waals surface area contributed by atoms with Crippen LogP contribution >= 0.6 is 0 Å². The van der Waals surface area contributed by atoms with Crippen molar-refractivity contribution in [3.8, 4) is 0 Å². The molecule has 2 rings (SSSR count). The monoisotopic (exact) mass is 248 g/mol. The Bertz CT molecular complexity index is 219. The van der Waals surface area contributed by atoms with Crippen molar-refractivity contribution in [2.75, 3.05) is 13.1 Å². The molecule has 0 saturated carbocycles. The zero-order valence-electron chi connectivity index (χ0n) is 6.94. The van der Waals surface area contributed by atoms with Crippen molar-refractivity contribution in [2.24, 2.45) is 0 Å². The van der Waals surface area contributed by atoms with Gasteiger partial charge in [-0.25, -0.2) is 0 Å². The molecule has 1 heterocycles. The Balaban J connectivity index is 0.000000720. The van der Waals surface area contributed by atoms with Crippen molar-refractivity contribution in [1.29, 1.82) is 0 Å². The van der Waals surface area contributed by atoms with E-state index >= 15 is 0 Å². The van der Waals surface area contributed by atoms with Gasteiger partial charge in [0.1, 0.15) is 0 Å². The molecular formula is C10H12NRu+. The summed E-state index contributed by atoms with van der Waals surface area (Å²) in [5.74, 6) is 0. The Morgan fingerprint density at radius 1 is 1.33 bits per heavy atom. The molecule has 0 unspecified atom stereocenters. The average molecular weight is 247 g/mol. The molecule has 0 aliphatic carbocycles. The third-order valence-corrected chi connectivity index (χ3v) is 2.12. The molecule has 0 aromatic heterocycles. The predicted molar refractivity (Wildman–Crippen MR) is 45.2 cm³/mol. The van der Waals surface area contributed by atoms with E-state index in [1.165, 1.54) is 25.1 Å². The maximum atomic E-state index is 3.23. The number of hydrogen-bond donors (Lipinski definition) is 0. The normalized spacial score (nSPS) is 16.3. The smallest absolute Gasteiger partial charge is 0.301 e. The zero-order valence-corrected chi connectivity index (χ0v) is 8.68. The second-order valence-corrected chi connectivity index (χ2v) is 3.02. The largest absolute Gasteiger partial charge is 2.00 e. The molecule has 0 N–H and O–H groups in total. The molecule has 0 spiro atoms. The molecule has 12 heavy (non-hydrogen) atoms. The van der Waals surface area contributed by atoms with Crippen LogP contribution in [0.4, 0.5) is 0 Å². The number of benzene rings is 1. The summed E-state index contributed by atoms with van der Waals surface area (Å²) in [6.07, 6.45) is 1.37. The Kier molecular flexibility index (Phi) is 3.90. The van der Waals surface area contributed by atoms with Crippen LogP contribution in [0.25, 0.3) is 0 Å². The Hall–Kier alpha value is -0.197. The minimum atomic E-state index is 0. The summed E-state index contributed by atoms with van der Waals surface area (Å²) in [5, 5.41) is 0. The van der Waals surface area contributed by atoms with Gasteiger partial charge in [-0.15, -0.1) is 5.56 Å². The van der Waals surface area contributed by atoms with Crippen LogP contribution in [0.5, 0.6) is 0 Å². The van der Waals surface area contributed by atoms with E-state index in [0.717, 1.165) is 6.54 Å². The van der Waals surface area contributed by atoms with E-state index in [2.05, 4.69) is 23.1 Å². The van der Waals surface area contributed by atoms with Gasteiger partial charge < -0.3 is 4.90 Å². The van der Waals surface area contributed by atoms with E-state index in [-0.39, 0.29) is 19.5 Å². The maximum absolute atomic E-state index is 3.23. The average Bonchev–Trinajstić information content (AvgIpc) is 1.99. The first-order chi connectivity index (χ1) is 5.45. The van der Waals surface area contributed by atoms with Crippen LogP contribution < -0.4 is 0 Å². The van der Waals surface area contributed by atoms with E-state index < -0.39 is 0 Å². The fourth-order valence-electron chi connectivity index (χ4n) is 1.31. The van der Waals surface area contributed by atoms with Gasteiger partial charge in [-0.1, -0.05) is 0 Å². The van der Waals surface area contributed by atoms with Gasteiger partial charge in [-0.3, -0.25) is 0 Å². The first-order valence-electron chi connectivity index (χ1n) is 4.13. The molecule has 64 valence electrons. The van der Waals surface area contributed by atoms with Crippen LogP contribution in [0.15, 0.2) is 24.3 Å². The second kappa shape index (κ2) is 4.74. The summed E-state index contributed by atoms with van der Waals surface area (Å²) in [7, 11) is 0. The topological polar surface area (TPSA) is 3.24 Å². The number of hydrogen-bond acceptors (Lipinski definition) is 1. The molecule has 1 saturated heterocycles. The summed E-state index contributed by atoms with van der Waals surface area (Å²) in [6.45, 7) is 3.62. The van der Waals surface area contributed by atoms with E-state index in [9.17, 15) is 0 Å². The van der Waals surface area contributed by atoms with Crippen LogP contribution in [-0.4, -0.2) is 18.0 Å². The Labute approximate surface area is 86.5 Å². The van der Waals surface area contributed by atoms with Gasteiger partial charge in [0, 0.05) is 6.54 Å². The van der Waals surface area contributed by atoms with Crippen LogP contribution in [0.3, 0.4) is 0 Å². The van der Waals surface area contributed by atoms with Crippen LogP contribution in [0, 0.1) is 6.07 Å². The van der Waals surface area contributed by atoms with Crippen molar-refractivity contribution < 1.29 is 19.5 Å². The molecule has 1 fully saturated rings. The molecule has 0 radical (unpaired) electrons. The zero-order chi connectivity index (χ0) is 7.52. The van der Waals surface area contributed by atoms with Gasteiger partial charge in [-0.2, -0.15) is 30.3 Å². The van der Waals surface area contributed by atoms with E-state index in [0.29, 0.717) is 0 Å². The van der Waals surface area contributed by atoms with Crippen LogP contribution in [0.1, 0.15) is 12.0 Å². The fourth-order valence-corrected chi connectivity index (χ4v) is 1.31. The molecule has 2 heteroatoms. The van der Waals surface area contributed by atoms with Gasteiger partial charge >= 0.3 is 19.5 Å². The van der Waals surface area contributed by atoms with Crippen molar-refractivity contribution in [3.05, 3.63) is 35.9 Å². The molecule has 0 bridgehead atoms. The van der Waals surface area contributed by atoms with Crippen molar-refractivity contribution in [1.82, 2.24) is 4.90 Å². The van der Waals surface area contributed by atoms with Gasteiger partial charge in [0.15, 0.2) is 0 Å². The number of rotatable bonds is 2. The van der Waals surface area contributed by atoms with Crippen molar-refractivity contribution in [2.45, 2.75) is 13.0 Å². The van der Waals surface area contributed by atoms with E-state index in [1.807, 2.05) is 12.1 Å². The summed E-state index contributed by atoms with van der Waals surface area (Å²) < 4.78 is 0. The predicted octanol–water partition coefficient (Wildman–Crippen LogP) is 1.69. The Morgan fingerprint density at radius 2 is 2.17 bits per heavy atom. The van der Waals surface area contributed by atoms with Crippen molar-refractivity contribution >= 4 is 0 Å². The number of nitrogens with zero attached hydrogens (tertiary/aromatic N) is 1. The minimum Gasteiger partial charge on any atom is -0.301 e. The Morgan fingerprint density at radius 3 is 2.67 bits per heavy atom. The maximum Gasteiger partial charge on any atom is 2.00 e. The van der Waals surface area contributed by atoms with E-state index in [1.54, 1.807) is 0 Å². The summed E-state index contributed by atoms with van der Waals surface area (Å²) in [6, 6.07) is 11.4. The molecule has 1 aromatic rings. The SMILES string of the molecule is [Ru+2].[c-]1ccccc1CN1CCC1. The summed E-state index contributed by atoms with van der Waals surface area (Å²) in [5.41, 5.74) is 1.31. The fraction of sp³-hybridized carbons (Fsp3) is 0.400. The third-order valence-electron chi connectivity index (χ3n) is 2.12. The van der Waals surface area contributed by atoms with Gasteiger partial charge in [-0.05, 0) is 19.5 Å². The molecule has 1 nitrogen and oxygen atoms in total. The molecule has 0 atom stereocenters. The second-order valence-electron chi connectivity index (χ2n) is 3.02. The minimum absolute atomic E-state index is 0. The van der Waals surface area contributed by atoms with Crippen LogP contribution in [-0.2, 0) is 26.0 Å². The molecular weight excluding hydrogens is 235 g/mol. The molecule has 1 aliphatic rings. The summed E-state index contributed by atoms with van der Waals surface area (Å²) in [4.78, 5) is 2.44. The molecule has 1 aromatic carbocycles. The van der Waals surface area contributed by atoms with Crippen LogP contribution in [0.2, 0.25) is 0 Å². The first-order valence-corrected chi connectivity index (χ1v) is 4.13. The quantitative estimate of drug-likeness (QED) is 0.568.